The van der Waals surface area contributed by atoms with Crippen LogP contribution in [0.5, 0.6) is 0 Å². The number of ether oxygens (including phenoxy) is 1. The summed E-state index contributed by atoms with van der Waals surface area (Å²) in [5, 5.41) is 12.1. The van der Waals surface area contributed by atoms with Gasteiger partial charge in [-0.05, 0) is 43.3 Å². The van der Waals surface area contributed by atoms with Crippen molar-refractivity contribution in [2.24, 2.45) is 5.92 Å². The zero-order valence-corrected chi connectivity index (χ0v) is 17.6. The van der Waals surface area contributed by atoms with Crippen molar-refractivity contribution in [3.05, 3.63) is 74.8 Å². The lowest BCUT2D eigenvalue weighted by atomic mass is 10.1. The maximum absolute atomic E-state index is 12.4. The number of benzene rings is 2. The normalized spacial score (nSPS) is 16.4. The molecule has 3 rings (SSSR count). The van der Waals surface area contributed by atoms with Gasteiger partial charge < -0.3 is 4.74 Å². The van der Waals surface area contributed by atoms with Crippen molar-refractivity contribution in [2.75, 3.05) is 6.54 Å². The average Bonchev–Trinajstić information content (AvgIpc) is 3.14. The number of nitro groups is 1. The molecular formula is C21H18ClN3O7. The molecule has 11 heteroatoms. The van der Waals surface area contributed by atoms with Crippen LogP contribution >= 0.6 is 11.6 Å². The number of hydrogen-bond donors (Lipinski definition) is 1. The standard InChI is InChI=1S/C21H18ClN3O7/c1-12(19(27)13-2-6-16(22)7-3-13)32-21(29)15-10-18(26)24(11-15)23-20(28)14-4-8-17(9-5-14)25(30)31/h2-9,12,15H,10-11H2,1H3,(H,23,28). The molecule has 1 saturated heterocycles. The largest absolute Gasteiger partial charge is 0.454 e. The van der Waals surface area contributed by atoms with E-state index >= 15 is 0 Å². The summed E-state index contributed by atoms with van der Waals surface area (Å²) in [6, 6.07) is 11.0. The van der Waals surface area contributed by atoms with Gasteiger partial charge in [-0.1, -0.05) is 11.6 Å². The van der Waals surface area contributed by atoms with E-state index in [2.05, 4.69) is 5.43 Å². The Hall–Kier alpha value is -3.79. The van der Waals surface area contributed by atoms with Crippen molar-refractivity contribution in [1.82, 2.24) is 10.4 Å². The fraction of sp³-hybridized carbons (Fsp3) is 0.238. The van der Waals surface area contributed by atoms with Crippen molar-refractivity contribution in [1.29, 1.82) is 0 Å². The fourth-order valence-electron chi connectivity index (χ4n) is 3.07. The molecule has 0 aromatic heterocycles. The Morgan fingerprint density at radius 1 is 1.12 bits per heavy atom. The van der Waals surface area contributed by atoms with Crippen molar-refractivity contribution in [3.63, 3.8) is 0 Å². The van der Waals surface area contributed by atoms with Crippen LogP contribution in [-0.2, 0) is 14.3 Å². The molecule has 0 aliphatic carbocycles. The van der Waals surface area contributed by atoms with Crippen LogP contribution in [0.4, 0.5) is 5.69 Å². The lowest BCUT2D eigenvalue weighted by molar-refractivity contribution is -0.384. The van der Waals surface area contributed by atoms with Crippen molar-refractivity contribution in [3.8, 4) is 0 Å². The van der Waals surface area contributed by atoms with Gasteiger partial charge >= 0.3 is 5.97 Å². The molecule has 1 aliphatic heterocycles. The van der Waals surface area contributed by atoms with Gasteiger partial charge in [0.25, 0.3) is 11.6 Å². The molecule has 1 heterocycles. The third kappa shape index (κ3) is 5.27. The van der Waals surface area contributed by atoms with Crippen molar-refractivity contribution in [2.45, 2.75) is 19.4 Å². The zero-order chi connectivity index (χ0) is 23.4. The van der Waals surface area contributed by atoms with Gasteiger partial charge in [0.1, 0.15) is 0 Å². The molecular weight excluding hydrogens is 442 g/mol. The van der Waals surface area contributed by atoms with Gasteiger partial charge in [-0.3, -0.25) is 39.7 Å². The smallest absolute Gasteiger partial charge is 0.312 e. The summed E-state index contributed by atoms with van der Waals surface area (Å²) in [5.41, 5.74) is 2.63. The van der Waals surface area contributed by atoms with E-state index in [1.165, 1.54) is 43.3 Å². The van der Waals surface area contributed by atoms with E-state index in [9.17, 15) is 29.3 Å². The predicted octanol–water partition coefficient (Wildman–Crippen LogP) is 2.56. The number of amides is 2. The molecule has 2 unspecified atom stereocenters. The number of nitrogens with zero attached hydrogens (tertiary/aromatic N) is 2. The molecule has 1 fully saturated rings. The molecule has 166 valence electrons. The minimum absolute atomic E-state index is 0.108. The Bertz CT molecular complexity index is 1070. The molecule has 2 atom stereocenters. The number of non-ortho nitro benzene ring substituents is 1. The minimum Gasteiger partial charge on any atom is -0.454 e. The quantitative estimate of drug-likeness (QED) is 0.291. The van der Waals surface area contributed by atoms with Crippen molar-refractivity contribution < 1.29 is 28.8 Å². The Morgan fingerprint density at radius 3 is 2.31 bits per heavy atom. The maximum atomic E-state index is 12.4. The molecule has 1 N–H and O–H groups in total. The summed E-state index contributed by atoms with van der Waals surface area (Å²) in [7, 11) is 0. The Kier molecular flexibility index (Phi) is 6.84. The second kappa shape index (κ2) is 9.56. The molecule has 0 spiro atoms. The number of rotatable bonds is 7. The number of carbonyl (C=O) groups excluding carboxylic acids is 4. The van der Waals surface area contributed by atoms with E-state index in [-0.39, 0.29) is 24.2 Å². The van der Waals surface area contributed by atoms with E-state index in [4.69, 9.17) is 16.3 Å². The first-order valence-electron chi connectivity index (χ1n) is 9.51. The summed E-state index contributed by atoms with van der Waals surface area (Å²) < 4.78 is 5.23. The Labute approximate surface area is 187 Å². The van der Waals surface area contributed by atoms with Gasteiger partial charge in [-0.25, -0.2) is 0 Å². The summed E-state index contributed by atoms with van der Waals surface area (Å²) in [6.07, 6.45) is -1.26. The number of esters is 1. The van der Waals surface area contributed by atoms with Crippen LogP contribution in [0.3, 0.4) is 0 Å². The van der Waals surface area contributed by atoms with Gasteiger partial charge in [0, 0.05) is 34.7 Å². The average molecular weight is 460 g/mol. The van der Waals surface area contributed by atoms with E-state index in [1.807, 2.05) is 0 Å². The second-order valence-corrected chi connectivity index (χ2v) is 7.54. The first-order valence-corrected chi connectivity index (χ1v) is 9.89. The van der Waals surface area contributed by atoms with E-state index in [0.717, 1.165) is 5.01 Å². The number of carbonyl (C=O) groups is 4. The Balaban J connectivity index is 1.56. The summed E-state index contributed by atoms with van der Waals surface area (Å²) in [4.78, 5) is 59.5. The van der Waals surface area contributed by atoms with Gasteiger partial charge in [-0.2, -0.15) is 0 Å². The van der Waals surface area contributed by atoms with E-state index in [1.54, 1.807) is 12.1 Å². The maximum Gasteiger partial charge on any atom is 0.312 e. The van der Waals surface area contributed by atoms with Crippen molar-refractivity contribution >= 4 is 40.9 Å². The lowest BCUT2D eigenvalue weighted by Gasteiger charge is -2.18. The van der Waals surface area contributed by atoms with Gasteiger partial charge in [0.15, 0.2) is 6.10 Å². The fourth-order valence-corrected chi connectivity index (χ4v) is 3.19. The highest BCUT2D eigenvalue weighted by molar-refractivity contribution is 6.30. The number of nitrogens with one attached hydrogen (secondary N) is 1. The molecule has 1 aliphatic rings. The highest BCUT2D eigenvalue weighted by Crippen LogP contribution is 2.20. The molecule has 2 aromatic rings. The van der Waals surface area contributed by atoms with Crippen LogP contribution in [0.1, 0.15) is 34.1 Å². The molecule has 0 saturated carbocycles. The number of hydrogen-bond acceptors (Lipinski definition) is 7. The Morgan fingerprint density at radius 2 is 1.72 bits per heavy atom. The van der Waals surface area contributed by atoms with Gasteiger partial charge in [-0.15, -0.1) is 0 Å². The summed E-state index contributed by atoms with van der Waals surface area (Å²) in [5.74, 6) is -3.17. The zero-order valence-electron chi connectivity index (χ0n) is 16.8. The number of Topliss-reactive ketones (excluding diaryl/α,β-unsaturated/α-hetero) is 1. The van der Waals surface area contributed by atoms with Crippen LogP contribution in [0.15, 0.2) is 48.5 Å². The molecule has 32 heavy (non-hydrogen) atoms. The molecule has 2 amide bonds. The van der Waals surface area contributed by atoms with Crippen LogP contribution in [0.25, 0.3) is 0 Å². The van der Waals surface area contributed by atoms with Crippen LogP contribution in [0.2, 0.25) is 5.02 Å². The monoisotopic (exact) mass is 459 g/mol. The summed E-state index contributed by atoms with van der Waals surface area (Å²) in [6.45, 7) is 1.30. The van der Waals surface area contributed by atoms with Crippen LogP contribution in [0, 0.1) is 16.0 Å². The molecule has 0 bridgehead atoms. The number of halogens is 1. The van der Waals surface area contributed by atoms with E-state index < -0.39 is 40.5 Å². The number of nitro benzene ring substituents is 1. The molecule has 0 radical (unpaired) electrons. The third-order valence-electron chi connectivity index (χ3n) is 4.83. The lowest BCUT2D eigenvalue weighted by Crippen LogP contribution is -2.43. The number of ketones is 1. The topological polar surface area (TPSA) is 136 Å². The summed E-state index contributed by atoms with van der Waals surface area (Å²) >= 11 is 5.80. The van der Waals surface area contributed by atoms with Gasteiger partial charge in [0.05, 0.1) is 17.4 Å². The second-order valence-electron chi connectivity index (χ2n) is 7.10. The third-order valence-corrected chi connectivity index (χ3v) is 5.08. The van der Waals surface area contributed by atoms with Gasteiger partial charge in [0.2, 0.25) is 11.7 Å². The van der Waals surface area contributed by atoms with E-state index in [0.29, 0.717) is 10.6 Å². The van der Waals surface area contributed by atoms with Crippen LogP contribution in [-0.4, -0.2) is 46.1 Å². The first kappa shape index (κ1) is 22.9. The minimum atomic E-state index is -1.07. The highest BCUT2D eigenvalue weighted by Gasteiger charge is 2.37. The molecule has 10 nitrogen and oxygen atoms in total. The molecule has 2 aromatic carbocycles. The SMILES string of the molecule is CC(OC(=O)C1CC(=O)N(NC(=O)c2ccc([N+](=O)[O-])cc2)C1)C(=O)c1ccc(Cl)cc1. The number of hydrazine groups is 1. The predicted molar refractivity (Wildman–Crippen MR) is 112 cm³/mol. The first-order chi connectivity index (χ1) is 15.2. The highest BCUT2D eigenvalue weighted by atomic mass is 35.5. The van der Waals surface area contributed by atoms with Crippen LogP contribution < -0.4 is 5.43 Å².